The molecule has 1 rings (SSSR count). The Morgan fingerprint density at radius 1 is 1.29 bits per heavy atom. The van der Waals surface area contributed by atoms with E-state index in [4.69, 9.17) is 9.84 Å². The summed E-state index contributed by atoms with van der Waals surface area (Å²) in [5.74, 6) is 0.636. The number of carbonyl (C=O) groups excluding carboxylic acids is 1. The van der Waals surface area contributed by atoms with Crippen molar-refractivity contribution in [2.75, 3.05) is 19.8 Å². The molecule has 0 aliphatic heterocycles. The van der Waals surface area contributed by atoms with Gasteiger partial charge in [0.05, 0.1) is 6.61 Å². The summed E-state index contributed by atoms with van der Waals surface area (Å²) in [5, 5.41) is 23.4. The maximum Gasteiger partial charge on any atom is 0.314 e. The summed E-state index contributed by atoms with van der Waals surface area (Å²) in [6.45, 7) is 4.12. The predicted molar refractivity (Wildman–Crippen MR) is 80.4 cm³/mol. The number of rotatable bonds is 8. The number of ether oxygens (including phenoxy) is 1. The first-order valence-corrected chi connectivity index (χ1v) is 7.06. The number of hydrogen-bond acceptors (Lipinski definition) is 4. The summed E-state index contributed by atoms with van der Waals surface area (Å²) in [6, 6.07) is 7.37. The molecule has 1 unspecified atom stereocenters. The number of aliphatic hydroxyl groups is 2. The Morgan fingerprint density at radius 2 is 1.95 bits per heavy atom. The molecule has 1 atom stereocenters. The van der Waals surface area contributed by atoms with Gasteiger partial charge in [-0.05, 0) is 38.0 Å². The summed E-state index contributed by atoms with van der Waals surface area (Å²) in [6.07, 6.45) is -0.140. The van der Waals surface area contributed by atoms with Crippen molar-refractivity contribution in [1.29, 1.82) is 0 Å². The monoisotopic (exact) mass is 296 g/mol. The molecule has 21 heavy (non-hydrogen) atoms. The van der Waals surface area contributed by atoms with E-state index in [1.807, 2.05) is 26.0 Å². The molecule has 6 nitrogen and oxygen atoms in total. The van der Waals surface area contributed by atoms with E-state index in [2.05, 4.69) is 10.6 Å². The number of hydrogen-bond donors (Lipinski definition) is 4. The normalized spacial score (nSPS) is 12.0. The molecule has 0 radical (unpaired) electrons. The number of carbonyl (C=O) groups is 1. The van der Waals surface area contributed by atoms with Gasteiger partial charge in [-0.15, -0.1) is 0 Å². The molecule has 118 valence electrons. The fraction of sp³-hybridized carbons (Fsp3) is 0.533. The zero-order valence-corrected chi connectivity index (χ0v) is 12.5. The SMILES string of the molecule is CC(C)NC(=O)NCCc1ccc(OCC(O)CO)cc1. The molecule has 0 aliphatic rings. The molecule has 1 aromatic rings. The first kappa shape index (κ1) is 17.3. The lowest BCUT2D eigenvalue weighted by Crippen LogP contribution is -2.40. The van der Waals surface area contributed by atoms with Crippen molar-refractivity contribution in [2.45, 2.75) is 32.4 Å². The number of nitrogens with one attached hydrogen (secondary N) is 2. The minimum atomic E-state index is -0.867. The minimum absolute atomic E-state index is 0.0623. The van der Waals surface area contributed by atoms with Crippen LogP contribution in [0.4, 0.5) is 4.79 Å². The number of urea groups is 1. The highest BCUT2D eigenvalue weighted by molar-refractivity contribution is 5.74. The van der Waals surface area contributed by atoms with Crippen LogP contribution in [-0.2, 0) is 6.42 Å². The van der Waals surface area contributed by atoms with E-state index in [1.54, 1.807) is 12.1 Å². The van der Waals surface area contributed by atoms with Crippen LogP contribution in [0.5, 0.6) is 5.75 Å². The maximum absolute atomic E-state index is 11.4. The van der Waals surface area contributed by atoms with Crippen molar-refractivity contribution in [3.05, 3.63) is 29.8 Å². The zero-order valence-electron chi connectivity index (χ0n) is 12.5. The Morgan fingerprint density at radius 3 is 2.52 bits per heavy atom. The van der Waals surface area contributed by atoms with Gasteiger partial charge in [0.1, 0.15) is 18.5 Å². The van der Waals surface area contributed by atoms with E-state index < -0.39 is 6.10 Å². The molecule has 1 aromatic carbocycles. The lowest BCUT2D eigenvalue weighted by molar-refractivity contribution is 0.0536. The molecular formula is C15H24N2O4. The van der Waals surface area contributed by atoms with Crippen LogP contribution in [0.15, 0.2) is 24.3 Å². The van der Waals surface area contributed by atoms with Gasteiger partial charge < -0.3 is 25.6 Å². The first-order valence-electron chi connectivity index (χ1n) is 7.06. The quantitative estimate of drug-likeness (QED) is 0.567. The van der Waals surface area contributed by atoms with Crippen molar-refractivity contribution in [3.63, 3.8) is 0 Å². The highest BCUT2D eigenvalue weighted by Gasteiger charge is 2.04. The molecule has 2 amide bonds. The topological polar surface area (TPSA) is 90.8 Å². The molecule has 0 aliphatic carbocycles. The van der Waals surface area contributed by atoms with Gasteiger partial charge in [-0.1, -0.05) is 12.1 Å². The molecule has 0 spiro atoms. The highest BCUT2D eigenvalue weighted by Crippen LogP contribution is 2.12. The van der Waals surface area contributed by atoms with Gasteiger partial charge in [0, 0.05) is 12.6 Å². The average Bonchev–Trinajstić information content (AvgIpc) is 2.45. The molecule has 4 N–H and O–H groups in total. The summed E-state index contributed by atoms with van der Waals surface area (Å²) in [5.41, 5.74) is 1.08. The number of amides is 2. The molecule has 0 aromatic heterocycles. The fourth-order valence-corrected chi connectivity index (χ4v) is 1.63. The van der Waals surface area contributed by atoms with Crippen LogP contribution >= 0.6 is 0 Å². The molecule has 0 saturated carbocycles. The van der Waals surface area contributed by atoms with Crippen LogP contribution in [0.1, 0.15) is 19.4 Å². The van der Waals surface area contributed by atoms with E-state index in [-0.39, 0.29) is 25.3 Å². The summed E-state index contributed by atoms with van der Waals surface area (Å²) in [7, 11) is 0. The smallest absolute Gasteiger partial charge is 0.314 e. The van der Waals surface area contributed by atoms with Gasteiger partial charge in [0.2, 0.25) is 0 Å². The highest BCUT2D eigenvalue weighted by atomic mass is 16.5. The van der Waals surface area contributed by atoms with Crippen LogP contribution < -0.4 is 15.4 Å². The average molecular weight is 296 g/mol. The molecule has 0 heterocycles. The van der Waals surface area contributed by atoms with Crippen molar-refractivity contribution >= 4 is 6.03 Å². The van der Waals surface area contributed by atoms with Crippen molar-refractivity contribution in [2.24, 2.45) is 0 Å². The van der Waals surface area contributed by atoms with Crippen molar-refractivity contribution < 1.29 is 19.7 Å². The first-order chi connectivity index (χ1) is 10.0. The van der Waals surface area contributed by atoms with E-state index in [0.717, 1.165) is 12.0 Å². The lowest BCUT2D eigenvalue weighted by Gasteiger charge is -2.11. The third kappa shape index (κ3) is 7.53. The Labute approximate surface area is 125 Å². The third-order valence-electron chi connectivity index (χ3n) is 2.70. The maximum atomic E-state index is 11.4. The molecule has 6 heteroatoms. The van der Waals surface area contributed by atoms with Crippen LogP contribution in [0.3, 0.4) is 0 Å². The largest absolute Gasteiger partial charge is 0.491 e. The predicted octanol–water partition coefficient (Wildman–Crippen LogP) is 0.669. The zero-order chi connectivity index (χ0) is 15.7. The molecule has 0 saturated heterocycles. The van der Waals surface area contributed by atoms with Crippen LogP contribution in [0.2, 0.25) is 0 Å². The molecular weight excluding hydrogens is 272 g/mol. The van der Waals surface area contributed by atoms with E-state index in [1.165, 1.54) is 0 Å². The lowest BCUT2D eigenvalue weighted by atomic mass is 10.1. The number of benzene rings is 1. The Bertz CT molecular complexity index is 420. The summed E-state index contributed by atoms with van der Waals surface area (Å²) < 4.78 is 5.31. The van der Waals surface area contributed by atoms with Gasteiger partial charge in [-0.3, -0.25) is 0 Å². The van der Waals surface area contributed by atoms with Gasteiger partial charge >= 0.3 is 6.03 Å². The summed E-state index contributed by atoms with van der Waals surface area (Å²) in [4.78, 5) is 11.4. The summed E-state index contributed by atoms with van der Waals surface area (Å²) >= 11 is 0. The van der Waals surface area contributed by atoms with Gasteiger partial charge in [-0.25, -0.2) is 4.79 Å². The van der Waals surface area contributed by atoms with Gasteiger partial charge in [-0.2, -0.15) is 0 Å². The second-order valence-corrected chi connectivity index (χ2v) is 5.10. The molecule has 0 fully saturated rings. The standard InChI is InChI=1S/C15H24N2O4/c1-11(2)17-15(20)16-8-7-12-3-5-14(6-4-12)21-10-13(19)9-18/h3-6,11,13,18-19H,7-10H2,1-2H3,(H2,16,17,20). The third-order valence-corrected chi connectivity index (χ3v) is 2.70. The molecule has 0 bridgehead atoms. The van der Waals surface area contributed by atoms with E-state index in [0.29, 0.717) is 12.3 Å². The van der Waals surface area contributed by atoms with E-state index in [9.17, 15) is 9.90 Å². The van der Waals surface area contributed by atoms with Crippen molar-refractivity contribution in [1.82, 2.24) is 10.6 Å². The van der Waals surface area contributed by atoms with Gasteiger partial charge in [0.15, 0.2) is 0 Å². The minimum Gasteiger partial charge on any atom is -0.491 e. The second kappa shape index (κ2) is 9.20. The van der Waals surface area contributed by atoms with Crippen LogP contribution in [0.25, 0.3) is 0 Å². The number of aliphatic hydroxyl groups excluding tert-OH is 2. The van der Waals surface area contributed by atoms with Crippen LogP contribution in [-0.4, -0.2) is 48.1 Å². The Hall–Kier alpha value is -1.79. The van der Waals surface area contributed by atoms with Crippen LogP contribution in [0, 0.1) is 0 Å². The van der Waals surface area contributed by atoms with E-state index >= 15 is 0 Å². The van der Waals surface area contributed by atoms with Gasteiger partial charge in [0.25, 0.3) is 0 Å². The second-order valence-electron chi connectivity index (χ2n) is 5.10. The fourth-order valence-electron chi connectivity index (χ4n) is 1.63. The van der Waals surface area contributed by atoms with Crippen molar-refractivity contribution in [3.8, 4) is 5.75 Å². The Kier molecular flexibility index (Phi) is 7.56. The Balaban J connectivity index is 2.29.